The van der Waals surface area contributed by atoms with E-state index < -0.39 is 0 Å². The number of halogens is 1. The van der Waals surface area contributed by atoms with Crippen LogP contribution in [-0.2, 0) is 4.79 Å². The Kier molecular flexibility index (Phi) is 10.9. The van der Waals surface area contributed by atoms with Gasteiger partial charge in [0.25, 0.3) is 0 Å². The van der Waals surface area contributed by atoms with Crippen LogP contribution in [0.3, 0.4) is 0 Å². The summed E-state index contributed by atoms with van der Waals surface area (Å²) in [6.07, 6.45) is 9.20. The molecule has 2 fully saturated rings. The number of guanidine groups is 1. The number of hydrogen-bond acceptors (Lipinski definition) is 2. The van der Waals surface area contributed by atoms with Gasteiger partial charge in [-0.25, -0.2) is 0 Å². The molecule has 1 atom stereocenters. The molecule has 0 aromatic rings. The molecule has 0 radical (unpaired) electrons. The fourth-order valence-electron chi connectivity index (χ4n) is 4.36. The molecular formula is C20H39IN4O. The molecule has 6 heteroatoms. The van der Waals surface area contributed by atoms with Gasteiger partial charge in [-0.15, -0.1) is 24.0 Å². The molecule has 1 unspecified atom stereocenters. The van der Waals surface area contributed by atoms with Gasteiger partial charge >= 0.3 is 0 Å². The maximum absolute atomic E-state index is 12.0. The van der Waals surface area contributed by atoms with Crippen LogP contribution in [0, 0.1) is 11.8 Å². The largest absolute Gasteiger partial charge is 0.356 e. The van der Waals surface area contributed by atoms with Crippen molar-refractivity contribution in [1.82, 2.24) is 15.1 Å². The average molecular weight is 478 g/mol. The van der Waals surface area contributed by atoms with Crippen molar-refractivity contribution in [2.24, 2.45) is 16.8 Å². The van der Waals surface area contributed by atoms with Gasteiger partial charge in [0.1, 0.15) is 0 Å². The number of likely N-dealkylation sites (tertiary alicyclic amines) is 1. The Morgan fingerprint density at radius 2 is 2.04 bits per heavy atom. The molecule has 26 heavy (non-hydrogen) atoms. The minimum atomic E-state index is 0. The van der Waals surface area contributed by atoms with Gasteiger partial charge in [-0.05, 0) is 43.9 Å². The predicted octanol–water partition coefficient (Wildman–Crippen LogP) is 3.73. The first-order valence-corrected chi connectivity index (χ1v) is 10.3. The van der Waals surface area contributed by atoms with Gasteiger partial charge in [-0.1, -0.05) is 26.7 Å². The monoisotopic (exact) mass is 478 g/mol. The summed E-state index contributed by atoms with van der Waals surface area (Å²) in [7, 11) is 4.01. The van der Waals surface area contributed by atoms with Gasteiger partial charge < -0.3 is 15.1 Å². The van der Waals surface area contributed by atoms with Gasteiger partial charge in [0.05, 0.1) is 0 Å². The highest BCUT2D eigenvalue weighted by Crippen LogP contribution is 2.28. The lowest BCUT2D eigenvalue weighted by Gasteiger charge is -2.32. The smallest absolute Gasteiger partial charge is 0.222 e. The third-order valence-electron chi connectivity index (χ3n) is 6.02. The number of rotatable bonds is 7. The minimum Gasteiger partial charge on any atom is -0.356 e. The lowest BCUT2D eigenvalue weighted by Crippen LogP contribution is -2.44. The van der Waals surface area contributed by atoms with Crippen LogP contribution in [0.25, 0.3) is 0 Å². The van der Waals surface area contributed by atoms with E-state index >= 15 is 0 Å². The van der Waals surface area contributed by atoms with E-state index in [1.54, 1.807) is 0 Å². The van der Waals surface area contributed by atoms with E-state index in [1.165, 1.54) is 25.7 Å². The molecule has 5 nitrogen and oxygen atoms in total. The standard InChI is InChI=1S/C20H38N4O.HI/c1-5-18(24-14-6-7-19(24)25)12-13-22-20(21-3)23(4)15-17-10-8-16(2)9-11-17;/h16-18H,5-15H2,1-4H3,(H,21,22);1H. The summed E-state index contributed by atoms with van der Waals surface area (Å²) in [5.74, 6) is 3.02. The van der Waals surface area contributed by atoms with Crippen LogP contribution in [0.15, 0.2) is 4.99 Å². The average Bonchev–Trinajstić information content (AvgIpc) is 3.03. The summed E-state index contributed by atoms with van der Waals surface area (Å²) in [4.78, 5) is 20.8. The van der Waals surface area contributed by atoms with Gasteiger partial charge in [0, 0.05) is 46.2 Å². The Labute approximate surface area is 177 Å². The first-order valence-electron chi connectivity index (χ1n) is 10.3. The molecule has 1 saturated heterocycles. The van der Waals surface area contributed by atoms with E-state index in [1.807, 2.05) is 7.05 Å². The van der Waals surface area contributed by atoms with Crippen molar-refractivity contribution in [3.05, 3.63) is 0 Å². The van der Waals surface area contributed by atoms with Crippen LogP contribution >= 0.6 is 24.0 Å². The first kappa shape index (κ1) is 23.5. The molecule has 152 valence electrons. The second-order valence-electron chi connectivity index (χ2n) is 8.02. The summed E-state index contributed by atoms with van der Waals surface area (Å²) in [5, 5.41) is 3.51. The summed E-state index contributed by atoms with van der Waals surface area (Å²) in [5.41, 5.74) is 0. The molecule has 0 bridgehead atoms. The maximum Gasteiger partial charge on any atom is 0.222 e. The zero-order valence-electron chi connectivity index (χ0n) is 17.2. The Bertz CT molecular complexity index is 449. The fourth-order valence-corrected chi connectivity index (χ4v) is 4.36. The Morgan fingerprint density at radius 3 is 2.58 bits per heavy atom. The van der Waals surface area contributed by atoms with Crippen LogP contribution in [0.5, 0.6) is 0 Å². The number of aliphatic imine (C=N–C) groups is 1. The van der Waals surface area contributed by atoms with Crippen LogP contribution in [-0.4, -0.2) is 61.4 Å². The van der Waals surface area contributed by atoms with Crippen molar-refractivity contribution < 1.29 is 4.79 Å². The van der Waals surface area contributed by atoms with Gasteiger partial charge in [-0.2, -0.15) is 0 Å². The molecule has 1 aliphatic carbocycles. The molecule has 1 aliphatic heterocycles. The van der Waals surface area contributed by atoms with Crippen molar-refractivity contribution in [2.75, 3.05) is 33.7 Å². The zero-order chi connectivity index (χ0) is 18.2. The van der Waals surface area contributed by atoms with Crippen LogP contribution in [0.1, 0.15) is 65.2 Å². The van der Waals surface area contributed by atoms with Gasteiger partial charge in [-0.3, -0.25) is 9.79 Å². The quantitative estimate of drug-likeness (QED) is 0.345. The summed E-state index contributed by atoms with van der Waals surface area (Å²) >= 11 is 0. The highest BCUT2D eigenvalue weighted by molar-refractivity contribution is 14.0. The van der Waals surface area contributed by atoms with Crippen molar-refractivity contribution in [3.63, 3.8) is 0 Å². The number of carbonyl (C=O) groups is 1. The maximum atomic E-state index is 12.0. The Morgan fingerprint density at radius 1 is 1.35 bits per heavy atom. The normalized spacial score (nSPS) is 25.0. The summed E-state index contributed by atoms with van der Waals surface area (Å²) in [6, 6.07) is 0.366. The van der Waals surface area contributed by atoms with E-state index in [2.05, 4.69) is 41.0 Å². The Balaban J connectivity index is 0.00000338. The molecule has 0 aromatic carbocycles. The second-order valence-corrected chi connectivity index (χ2v) is 8.02. The van der Waals surface area contributed by atoms with Crippen molar-refractivity contribution in [3.8, 4) is 0 Å². The van der Waals surface area contributed by atoms with Gasteiger partial charge in [0.15, 0.2) is 5.96 Å². The predicted molar refractivity (Wildman–Crippen MR) is 120 cm³/mol. The Hall–Kier alpha value is -0.530. The molecular weight excluding hydrogens is 439 g/mol. The molecule has 1 saturated carbocycles. The highest BCUT2D eigenvalue weighted by Gasteiger charge is 2.26. The van der Waals surface area contributed by atoms with E-state index in [4.69, 9.17) is 0 Å². The molecule has 0 spiro atoms. The topological polar surface area (TPSA) is 47.9 Å². The first-order chi connectivity index (χ1) is 12.0. The van der Waals surface area contributed by atoms with Crippen molar-refractivity contribution in [1.29, 1.82) is 0 Å². The van der Waals surface area contributed by atoms with E-state index in [9.17, 15) is 4.79 Å². The molecule has 2 rings (SSSR count). The third kappa shape index (κ3) is 6.89. The SMILES string of the molecule is CCC(CCNC(=NC)N(C)CC1CCC(C)CC1)N1CCCC1=O.I. The molecule has 1 amide bonds. The molecule has 2 aliphatic rings. The summed E-state index contributed by atoms with van der Waals surface area (Å²) in [6.45, 7) is 7.46. The van der Waals surface area contributed by atoms with Crippen molar-refractivity contribution in [2.45, 2.75) is 71.3 Å². The summed E-state index contributed by atoms with van der Waals surface area (Å²) < 4.78 is 0. The minimum absolute atomic E-state index is 0. The van der Waals surface area contributed by atoms with Crippen LogP contribution < -0.4 is 5.32 Å². The lowest BCUT2D eigenvalue weighted by atomic mass is 9.83. The molecule has 0 aromatic heterocycles. The third-order valence-corrected chi connectivity index (χ3v) is 6.02. The fraction of sp³-hybridized carbons (Fsp3) is 0.900. The number of nitrogens with zero attached hydrogens (tertiary/aromatic N) is 3. The van der Waals surface area contributed by atoms with E-state index in [-0.39, 0.29) is 24.0 Å². The second kappa shape index (κ2) is 12.0. The van der Waals surface area contributed by atoms with Crippen LogP contribution in [0.2, 0.25) is 0 Å². The van der Waals surface area contributed by atoms with Crippen LogP contribution in [0.4, 0.5) is 0 Å². The van der Waals surface area contributed by atoms with E-state index in [0.717, 1.165) is 63.1 Å². The molecule has 1 heterocycles. The lowest BCUT2D eigenvalue weighted by molar-refractivity contribution is -0.129. The molecule has 1 N–H and O–H groups in total. The number of carbonyl (C=O) groups excluding carboxylic acids is 1. The van der Waals surface area contributed by atoms with E-state index in [0.29, 0.717) is 11.9 Å². The number of nitrogens with one attached hydrogen (secondary N) is 1. The number of hydrogen-bond donors (Lipinski definition) is 1. The number of amides is 1. The van der Waals surface area contributed by atoms with Gasteiger partial charge in [0.2, 0.25) is 5.91 Å². The van der Waals surface area contributed by atoms with Crippen molar-refractivity contribution >= 4 is 35.8 Å². The highest BCUT2D eigenvalue weighted by atomic mass is 127. The zero-order valence-corrected chi connectivity index (χ0v) is 19.5.